The van der Waals surface area contributed by atoms with E-state index in [2.05, 4.69) is 5.32 Å². The van der Waals surface area contributed by atoms with Gasteiger partial charge in [-0.3, -0.25) is 4.79 Å². The average Bonchev–Trinajstić information content (AvgIpc) is 2.41. The van der Waals surface area contributed by atoms with Crippen molar-refractivity contribution in [1.82, 2.24) is 0 Å². The lowest BCUT2D eigenvalue weighted by atomic mass is 10.2. The summed E-state index contributed by atoms with van der Waals surface area (Å²) in [6.07, 6.45) is 0.109. The molecule has 0 heterocycles. The van der Waals surface area contributed by atoms with Gasteiger partial charge < -0.3 is 10.1 Å². The van der Waals surface area contributed by atoms with Crippen LogP contribution in [-0.4, -0.2) is 12.0 Å². The van der Waals surface area contributed by atoms with Crippen LogP contribution in [0.1, 0.15) is 24.2 Å². The van der Waals surface area contributed by atoms with E-state index < -0.39 is 0 Å². The van der Waals surface area contributed by atoms with E-state index in [-0.39, 0.29) is 12.0 Å². The number of amides is 1. The summed E-state index contributed by atoms with van der Waals surface area (Å²) in [6, 6.07) is 14.1. The number of ether oxygens (including phenoxy) is 1. The van der Waals surface area contributed by atoms with E-state index in [4.69, 9.17) is 16.3 Å². The van der Waals surface area contributed by atoms with E-state index >= 15 is 0 Å². The van der Waals surface area contributed by atoms with Crippen molar-refractivity contribution in [2.24, 2.45) is 0 Å². The summed E-state index contributed by atoms with van der Waals surface area (Å²) in [5, 5.41) is 3.29. The molecule has 1 N–H and O–H groups in total. The first-order chi connectivity index (χ1) is 9.56. The summed E-state index contributed by atoms with van der Waals surface area (Å²) in [7, 11) is 0. The third-order valence-corrected chi connectivity index (χ3v) is 2.94. The Kier molecular flexibility index (Phi) is 4.64. The fourth-order valence-corrected chi connectivity index (χ4v) is 1.90. The van der Waals surface area contributed by atoms with E-state index in [0.29, 0.717) is 16.3 Å². The maximum atomic E-state index is 12.1. The number of rotatable bonds is 4. The lowest BCUT2D eigenvalue weighted by molar-refractivity contribution is 0.102. The standard InChI is InChI=1S/C16H16ClNO2/c1-11(2)20-13-9-7-12(8-10-13)16(19)18-15-6-4-3-5-14(15)17/h3-11H,1-2H3,(H,18,19). The molecule has 0 bridgehead atoms. The lowest BCUT2D eigenvalue weighted by Crippen LogP contribution is -2.12. The smallest absolute Gasteiger partial charge is 0.255 e. The van der Waals surface area contributed by atoms with Gasteiger partial charge in [0.1, 0.15) is 5.75 Å². The molecule has 2 aromatic rings. The van der Waals surface area contributed by atoms with Crippen LogP contribution in [0.15, 0.2) is 48.5 Å². The second-order valence-electron chi connectivity index (χ2n) is 4.62. The van der Waals surface area contributed by atoms with Gasteiger partial charge >= 0.3 is 0 Å². The number of para-hydroxylation sites is 1. The highest BCUT2D eigenvalue weighted by atomic mass is 35.5. The first kappa shape index (κ1) is 14.4. The predicted octanol–water partition coefficient (Wildman–Crippen LogP) is 4.38. The normalized spacial score (nSPS) is 10.4. The van der Waals surface area contributed by atoms with Gasteiger partial charge in [0.05, 0.1) is 16.8 Å². The Morgan fingerprint density at radius 2 is 1.75 bits per heavy atom. The molecule has 2 rings (SSSR count). The molecule has 0 saturated heterocycles. The van der Waals surface area contributed by atoms with Crippen LogP contribution in [-0.2, 0) is 0 Å². The van der Waals surface area contributed by atoms with E-state index in [1.807, 2.05) is 26.0 Å². The van der Waals surface area contributed by atoms with Crippen LogP contribution in [0.3, 0.4) is 0 Å². The highest BCUT2D eigenvalue weighted by molar-refractivity contribution is 6.33. The molecule has 20 heavy (non-hydrogen) atoms. The van der Waals surface area contributed by atoms with Crippen LogP contribution < -0.4 is 10.1 Å². The van der Waals surface area contributed by atoms with Crippen LogP contribution >= 0.6 is 11.6 Å². The zero-order valence-electron chi connectivity index (χ0n) is 11.4. The molecule has 0 aliphatic heterocycles. The van der Waals surface area contributed by atoms with Crippen molar-refractivity contribution in [3.63, 3.8) is 0 Å². The SMILES string of the molecule is CC(C)Oc1ccc(C(=O)Nc2ccccc2Cl)cc1. The minimum Gasteiger partial charge on any atom is -0.491 e. The molecule has 0 aromatic heterocycles. The van der Waals surface area contributed by atoms with Gasteiger partial charge in [-0.2, -0.15) is 0 Å². The molecule has 0 aliphatic rings. The molecule has 0 fully saturated rings. The molecule has 2 aromatic carbocycles. The van der Waals surface area contributed by atoms with Gasteiger partial charge in [-0.15, -0.1) is 0 Å². The third-order valence-electron chi connectivity index (χ3n) is 2.61. The molecule has 0 unspecified atom stereocenters. The summed E-state index contributed by atoms with van der Waals surface area (Å²) in [4.78, 5) is 12.1. The van der Waals surface area contributed by atoms with Gasteiger partial charge in [-0.05, 0) is 50.2 Å². The van der Waals surface area contributed by atoms with E-state index in [1.165, 1.54) is 0 Å². The lowest BCUT2D eigenvalue weighted by Gasteiger charge is -2.10. The number of nitrogens with one attached hydrogen (secondary N) is 1. The topological polar surface area (TPSA) is 38.3 Å². The van der Waals surface area contributed by atoms with Crippen LogP contribution in [0, 0.1) is 0 Å². The van der Waals surface area contributed by atoms with Crippen molar-refractivity contribution in [2.45, 2.75) is 20.0 Å². The van der Waals surface area contributed by atoms with E-state index in [1.54, 1.807) is 36.4 Å². The second-order valence-corrected chi connectivity index (χ2v) is 5.03. The van der Waals surface area contributed by atoms with Crippen molar-refractivity contribution >= 4 is 23.2 Å². The third kappa shape index (κ3) is 3.75. The minimum absolute atomic E-state index is 0.109. The molecule has 1 amide bonds. The molecule has 0 saturated carbocycles. The van der Waals surface area contributed by atoms with Crippen LogP contribution in [0.5, 0.6) is 5.75 Å². The number of halogens is 1. The minimum atomic E-state index is -0.200. The molecule has 0 aliphatic carbocycles. The van der Waals surface area contributed by atoms with Crippen LogP contribution in [0.4, 0.5) is 5.69 Å². The Labute approximate surface area is 123 Å². The summed E-state index contributed by atoms with van der Waals surface area (Å²) < 4.78 is 5.53. The maximum absolute atomic E-state index is 12.1. The summed E-state index contributed by atoms with van der Waals surface area (Å²) >= 11 is 6.00. The van der Waals surface area contributed by atoms with Gasteiger partial charge in [-0.1, -0.05) is 23.7 Å². The van der Waals surface area contributed by atoms with E-state index in [9.17, 15) is 4.79 Å². The molecule has 0 spiro atoms. The Hall–Kier alpha value is -2.00. The Bertz CT molecular complexity index is 594. The number of carbonyl (C=O) groups is 1. The van der Waals surface area contributed by atoms with Gasteiger partial charge in [-0.25, -0.2) is 0 Å². The Balaban J connectivity index is 2.08. The maximum Gasteiger partial charge on any atom is 0.255 e. The average molecular weight is 290 g/mol. The summed E-state index contributed by atoms with van der Waals surface area (Å²) in [5.41, 5.74) is 1.16. The van der Waals surface area contributed by atoms with Crippen molar-refractivity contribution in [2.75, 3.05) is 5.32 Å². The highest BCUT2D eigenvalue weighted by Crippen LogP contribution is 2.21. The van der Waals surface area contributed by atoms with Crippen molar-refractivity contribution in [1.29, 1.82) is 0 Å². The van der Waals surface area contributed by atoms with Gasteiger partial charge in [0.15, 0.2) is 0 Å². The first-order valence-corrected chi connectivity index (χ1v) is 6.76. The molecule has 0 atom stereocenters. The van der Waals surface area contributed by atoms with Crippen molar-refractivity contribution in [3.8, 4) is 5.75 Å². The Morgan fingerprint density at radius 3 is 2.35 bits per heavy atom. The molecular weight excluding hydrogens is 274 g/mol. The molecule has 104 valence electrons. The highest BCUT2D eigenvalue weighted by Gasteiger charge is 2.08. The molecule has 3 nitrogen and oxygen atoms in total. The zero-order chi connectivity index (χ0) is 14.5. The molecule has 4 heteroatoms. The number of hydrogen-bond acceptors (Lipinski definition) is 2. The van der Waals surface area contributed by atoms with Gasteiger partial charge in [0.25, 0.3) is 5.91 Å². The second kappa shape index (κ2) is 6.44. The largest absolute Gasteiger partial charge is 0.491 e. The summed E-state index contributed by atoms with van der Waals surface area (Å²) in [5.74, 6) is 0.545. The monoisotopic (exact) mass is 289 g/mol. The number of anilines is 1. The summed E-state index contributed by atoms with van der Waals surface area (Å²) in [6.45, 7) is 3.91. The van der Waals surface area contributed by atoms with Crippen LogP contribution in [0.25, 0.3) is 0 Å². The fraction of sp³-hybridized carbons (Fsp3) is 0.188. The first-order valence-electron chi connectivity index (χ1n) is 6.39. The van der Waals surface area contributed by atoms with E-state index in [0.717, 1.165) is 5.75 Å². The van der Waals surface area contributed by atoms with Gasteiger partial charge in [0, 0.05) is 5.56 Å². The predicted molar refractivity (Wildman–Crippen MR) is 81.6 cm³/mol. The zero-order valence-corrected chi connectivity index (χ0v) is 12.1. The quantitative estimate of drug-likeness (QED) is 0.907. The molecular formula is C16H16ClNO2. The van der Waals surface area contributed by atoms with Crippen molar-refractivity contribution < 1.29 is 9.53 Å². The molecule has 0 radical (unpaired) electrons. The number of carbonyl (C=O) groups excluding carboxylic acids is 1. The van der Waals surface area contributed by atoms with Crippen LogP contribution in [0.2, 0.25) is 5.02 Å². The Morgan fingerprint density at radius 1 is 1.10 bits per heavy atom. The number of hydrogen-bond donors (Lipinski definition) is 1. The fourth-order valence-electron chi connectivity index (χ4n) is 1.71. The van der Waals surface area contributed by atoms with Gasteiger partial charge in [0.2, 0.25) is 0 Å². The number of benzene rings is 2. The van der Waals surface area contributed by atoms with Crippen molar-refractivity contribution in [3.05, 3.63) is 59.1 Å².